The van der Waals surface area contributed by atoms with E-state index in [1.807, 2.05) is 12.3 Å². The van der Waals surface area contributed by atoms with Crippen molar-refractivity contribution in [3.05, 3.63) is 48.1 Å². The summed E-state index contributed by atoms with van der Waals surface area (Å²) in [5.41, 5.74) is 2.38. The Bertz CT molecular complexity index is 754. The Morgan fingerprint density at radius 1 is 1.20 bits per heavy atom. The van der Waals surface area contributed by atoms with Gasteiger partial charge in [0.1, 0.15) is 0 Å². The van der Waals surface area contributed by atoms with Gasteiger partial charge in [-0.2, -0.15) is 0 Å². The van der Waals surface area contributed by atoms with E-state index in [1.165, 1.54) is 16.8 Å². The quantitative estimate of drug-likeness (QED) is 0.730. The third-order valence-corrected chi connectivity index (χ3v) is 5.49. The van der Waals surface area contributed by atoms with Crippen LogP contribution in [0.1, 0.15) is 30.8 Å². The first kappa shape index (κ1) is 10.3. The van der Waals surface area contributed by atoms with Gasteiger partial charge in [-0.3, -0.25) is 4.98 Å². The maximum atomic E-state index is 8.13. The molecule has 2 heteroatoms. The lowest BCUT2D eigenvalue weighted by molar-refractivity contribution is 0.796. The van der Waals surface area contributed by atoms with Crippen molar-refractivity contribution in [2.24, 2.45) is 0 Å². The Morgan fingerprint density at radius 3 is 2.70 bits per heavy atom. The Hall–Kier alpha value is -1.41. The topological polar surface area (TPSA) is 12.9 Å². The van der Waals surface area contributed by atoms with E-state index in [9.17, 15) is 0 Å². The van der Waals surface area contributed by atoms with Crippen LogP contribution in [-0.4, -0.2) is 13.1 Å². The minimum Gasteiger partial charge on any atom is -0.256 e. The molecule has 0 bridgehead atoms. The molecule has 2 aromatic rings. The van der Waals surface area contributed by atoms with E-state index in [2.05, 4.69) is 31.5 Å². The number of rotatable bonds is 5. The van der Waals surface area contributed by atoms with Gasteiger partial charge in [-0.25, -0.2) is 0 Å². The first-order valence-electron chi connectivity index (χ1n) is 9.24. The van der Waals surface area contributed by atoms with E-state index in [1.54, 1.807) is 0 Å². The zero-order chi connectivity index (χ0) is 18.1. The Balaban J connectivity index is 2.61. The molecule has 1 nitrogen and oxygen atoms in total. The molecule has 0 aliphatic rings. The second-order valence-corrected chi connectivity index (χ2v) is 11.2. The average Bonchev–Trinajstić information content (AvgIpc) is 2.53. The van der Waals surface area contributed by atoms with Crippen LogP contribution in [0.3, 0.4) is 0 Å². The highest BCUT2D eigenvalue weighted by molar-refractivity contribution is 6.89. The van der Waals surface area contributed by atoms with Crippen LogP contribution in [-0.2, 0) is 6.42 Å². The van der Waals surface area contributed by atoms with Crippen LogP contribution in [0.5, 0.6) is 0 Å². The van der Waals surface area contributed by atoms with Crippen molar-refractivity contribution >= 4 is 13.3 Å². The molecule has 0 unspecified atom stereocenters. The standard InChI is InChI=1S/C18H25NSi/c1-5-6-10-16-13-17(15-11-8-7-9-12-15)19-14-18(16)20(2,3)4/h7-9,11-14H,5-6,10H2,1-4H3/i7D,8D,9D,11D. The smallest absolute Gasteiger partial charge is 0.0799 e. The van der Waals surface area contributed by atoms with Crippen LogP contribution >= 0.6 is 0 Å². The highest BCUT2D eigenvalue weighted by Gasteiger charge is 2.21. The Morgan fingerprint density at radius 2 is 2.00 bits per heavy atom. The van der Waals surface area contributed by atoms with Gasteiger partial charge >= 0.3 is 0 Å². The van der Waals surface area contributed by atoms with E-state index in [0.717, 1.165) is 19.3 Å². The number of pyridine rings is 1. The molecule has 1 heterocycles. The molecule has 0 atom stereocenters. The minimum absolute atomic E-state index is 0.0225. The lowest BCUT2D eigenvalue weighted by Gasteiger charge is -2.21. The van der Waals surface area contributed by atoms with Gasteiger partial charge in [0.15, 0.2) is 0 Å². The molecule has 0 saturated heterocycles. The van der Waals surface area contributed by atoms with E-state index in [4.69, 9.17) is 5.48 Å². The summed E-state index contributed by atoms with van der Waals surface area (Å²) in [6, 6.07) is 3.06. The van der Waals surface area contributed by atoms with Gasteiger partial charge in [0.25, 0.3) is 0 Å². The Kier molecular flexibility index (Phi) is 3.28. The fraction of sp³-hybridized carbons (Fsp3) is 0.389. The molecule has 0 spiro atoms. The van der Waals surface area contributed by atoms with Gasteiger partial charge in [0, 0.05) is 11.8 Å². The summed E-state index contributed by atoms with van der Waals surface area (Å²) in [7, 11) is -1.51. The van der Waals surface area contributed by atoms with E-state index < -0.39 is 8.07 Å². The fourth-order valence-corrected chi connectivity index (χ4v) is 3.92. The predicted octanol–water partition coefficient (Wildman–Crippen LogP) is 4.64. The molecule has 106 valence electrons. The Labute approximate surface area is 129 Å². The summed E-state index contributed by atoms with van der Waals surface area (Å²) in [5, 5.41) is 1.33. The van der Waals surface area contributed by atoms with Crippen LogP contribution in [0.25, 0.3) is 11.3 Å². The van der Waals surface area contributed by atoms with Crippen LogP contribution in [0.2, 0.25) is 19.6 Å². The maximum absolute atomic E-state index is 8.13. The second kappa shape index (κ2) is 6.36. The van der Waals surface area contributed by atoms with Gasteiger partial charge in [-0.15, -0.1) is 0 Å². The molecule has 0 N–H and O–H groups in total. The van der Waals surface area contributed by atoms with Gasteiger partial charge in [-0.1, -0.05) is 63.2 Å². The summed E-state index contributed by atoms with van der Waals surface area (Å²) in [6.07, 6.45) is 5.13. The van der Waals surface area contributed by atoms with Crippen molar-refractivity contribution in [2.75, 3.05) is 0 Å². The highest BCUT2D eigenvalue weighted by atomic mass is 28.3. The summed E-state index contributed by atoms with van der Waals surface area (Å²) < 4.78 is 31.5. The molecule has 0 radical (unpaired) electrons. The largest absolute Gasteiger partial charge is 0.256 e. The van der Waals surface area contributed by atoms with Crippen molar-refractivity contribution in [3.63, 3.8) is 0 Å². The van der Waals surface area contributed by atoms with Crippen molar-refractivity contribution in [3.8, 4) is 11.3 Å². The molecule has 0 aliphatic carbocycles. The maximum Gasteiger partial charge on any atom is 0.0799 e. The number of unbranched alkanes of at least 4 members (excludes halogenated alkanes) is 1. The molecule has 0 aliphatic heterocycles. The van der Waals surface area contributed by atoms with Crippen LogP contribution < -0.4 is 5.19 Å². The number of aromatic nitrogens is 1. The zero-order valence-electron chi connectivity index (χ0n) is 16.8. The molecule has 1 aromatic heterocycles. The number of nitrogens with zero attached hydrogens (tertiary/aromatic N) is 1. The normalized spacial score (nSPS) is 14.4. The minimum atomic E-state index is -1.51. The van der Waals surface area contributed by atoms with Gasteiger partial charge in [0.05, 0.1) is 19.3 Å². The molecule has 0 saturated carbocycles. The molecular formula is C18H25NSi. The molecular weight excluding hydrogens is 258 g/mol. The molecule has 0 fully saturated rings. The average molecular weight is 288 g/mol. The number of aryl methyl sites for hydroxylation is 1. The lowest BCUT2D eigenvalue weighted by Crippen LogP contribution is -2.40. The summed E-state index contributed by atoms with van der Waals surface area (Å²) in [4.78, 5) is 4.54. The number of hydrogen-bond acceptors (Lipinski definition) is 1. The van der Waals surface area contributed by atoms with Crippen molar-refractivity contribution in [1.29, 1.82) is 0 Å². The van der Waals surface area contributed by atoms with Crippen LogP contribution in [0, 0.1) is 0 Å². The molecule has 20 heavy (non-hydrogen) atoms. The van der Waals surface area contributed by atoms with Gasteiger partial charge in [-0.05, 0) is 29.7 Å². The van der Waals surface area contributed by atoms with E-state index in [-0.39, 0.29) is 24.2 Å². The SMILES string of the molecule is [2H]c1cc(-c2cc(CCCC)c([Si](C)(C)C)cn2)c([2H])c([2H])c1[2H]. The second-order valence-electron chi connectivity index (χ2n) is 6.16. The van der Waals surface area contributed by atoms with Crippen LogP contribution in [0.15, 0.2) is 42.5 Å². The molecule has 0 amide bonds. The fourth-order valence-electron chi connectivity index (χ4n) is 2.31. The molecule has 2 rings (SSSR count). The molecule has 1 aromatic carbocycles. The number of hydrogen-bond donors (Lipinski definition) is 0. The van der Waals surface area contributed by atoms with Gasteiger partial charge in [0.2, 0.25) is 0 Å². The van der Waals surface area contributed by atoms with Crippen molar-refractivity contribution in [1.82, 2.24) is 4.98 Å². The lowest BCUT2D eigenvalue weighted by atomic mass is 10.1. The summed E-state index contributed by atoms with van der Waals surface area (Å²) >= 11 is 0. The van der Waals surface area contributed by atoms with E-state index in [0.29, 0.717) is 11.3 Å². The first-order chi connectivity index (χ1) is 11.2. The zero-order valence-corrected chi connectivity index (χ0v) is 13.8. The van der Waals surface area contributed by atoms with Gasteiger partial charge < -0.3 is 0 Å². The van der Waals surface area contributed by atoms with E-state index >= 15 is 0 Å². The monoisotopic (exact) mass is 287 g/mol. The van der Waals surface area contributed by atoms with Crippen molar-refractivity contribution in [2.45, 2.75) is 45.8 Å². The summed E-state index contributed by atoms with van der Waals surface area (Å²) in [5.74, 6) is 0. The highest BCUT2D eigenvalue weighted by Crippen LogP contribution is 2.19. The third kappa shape index (κ3) is 3.57. The summed E-state index contributed by atoms with van der Waals surface area (Å²) in [6.45, 7) is 9.07. The van der Waals surface area contributed by atoms with Crippen molar-refractivity contribution < 1.29 is 5.48 Å². The number of benzene rings is 1. The predicted molar refractivity (Wildman–Crippen MR) is 91.3 cm³/mol. The first-order valence-corrected chi connectivity index (χ1v) is 10.7. The third-order valence-electron chi connectivity index (χ3n) is 3.42. The van der Waals surface area contributed by atoms with Crippen LogP contribution in [0.4, 0.5) is 0 Å².